The van der Waals surface area contributed by atoms with Crippen LogP contribution in [0.25, 0.3) is 0 Å². The van der Waals surface area contributed by atoms with E-state index in [1.165, 1.54) is 5.56 Å². The molecule has 4 heteroatoms. The van der Waals surface area contributed by atoms with Crippen molar-refractivity contribution in [2.75, 3.05) is 33.4 Å². The molecule has 0 unspecified atom stereocenters. The molecule has 0 radical (unpaired) electrons. The molecular formula is C17H26N2O2. The van der Waals surface area contributed by atoms with Crippen molar-refractivity contribution >= 4 is 0 Å². The average Bonchev–Trinajstić information content (AvgIpc) is 2.91. The van der Waals surface area contributed by atoms with Crippen LogP contribution in [-0.2, 0) is 11.2 Å². The smallest absolute Gasteiger partial charge is 0.118 e. The zero-order valence-electron chi connectivity index (χ0n) is 12.9. The molecule has 1 atom stereocenters. The molecule has 0 aromatic heterocycles. The summed E-state index contributed by atoms with van der Waals surface area (Å²) in [6, 6.07) is 8.86. The summed E-state index contributed by atoms with van der Waals surface area (Å²) in [6.45, 7) is 4.07. The summed E-state index contributed by atoms with van der Waals surface area (Å²) >= 11 is 0. The Bertz CT molecular complexity index is 441. The van der Waals surface area contributed by atoms with Crippen molar-refractivity contribution in [3.8, 4) is 5.75 Å². The Morgan fingerprint density at radius 1 is 1.29 bits per heavy atom. The number of nitrogens with one attached hydrogen (secondary N) is 2. The molecule has 0 bridgehead atoms. The Hall–Kier alpha value is -1.10. The third kappa shape index (κ3) is 3.39. The third-order valence-electron chi connectivity index (χ3n) is 4.84. The van der Waals surface area contributed by atoms with Crippen LogP contribution >= 0.6 is 0 Å². The molecule has 116 valence electrons. The quantitative estimate of drug-likeness (QED) is 0.867. The average molecular weight is 290 g/mol. The fourth-order valence-corrected chi connectivity index (χ4v) is 3.56. The first-order valence-corrected chi connectivity index (χ1v) is 8.03. The van der Waals surface area contributed by atoms with Gasteiger partial charge in [-0.3, -0.25) is 0 Å². The van der Waals surface area contributed by atoms with Crippen molar-refractivity contribution < 1.29 is 9.47 Å². The van der Waals surface area contributed by atoms with E-state index in [2.05, 4.69) is 22.8 Å². The zero-order chi connectivity index (χ0) is 14.5. The first kappa shape index (κ1) is 14.8. The fourth-order valence-electron chi connectivity index (χ4n) is 3.56. The molecular weight excluding hydrogens is 264 g/mol. The summed E-state index contributed by atoms with van der Waals surface area (Å²) in [5, 5.41) is 7.16. The molecule has 1 aromatic carbocycles. The summed E-state index contributed by atoms with van der Waals surface area (Å²) in [5.74, 6) is 0.921. The second-order valence-electron chi connectivity index (χ2n) is 6.06. The predicted molar refractivity (Wildman–Crippen MR) is 83.9 cm³/mol. The number of ether oxygens (including phenoxy) is 2. The standard InChI is InChI=1S/C17H26N2O2/c1-20-15-4-2-14(3-5-15)6-10-19-16-7-13-21-17(16)8-11-18-12-9-17/h2-5,16,18-19H,6-13H2,1H3/t16-/m1/s1. The molecule has 21 heavy (non-hydrogen) atoms. The van der Waals surface area contributed by atoms with Gasteiger partial charge in [0.15, 0.2) is 0 Å². The topological polar surface area (TPSA) is 42.5 Å². The van der Waals surface area contributed by atoms with Crippen LogP contribution in [0.3, 0.4) is 0 Å². The molecule has 1 spiro atoms. The minimum atomic E-state index is 0.0885. The maximum absolute atomic E-state index is 6.11. The van der Waals surface area contributed by atoms with Gasteiger partial charge in [0.1, 0.15) is 5.75 Å². The van der Waals surface area contributed by atoms with E-state index in [9.17, 15) is 0 Å². The number of rotatable bonds is 5. The zero-order valence-corrected chi connectivity index (χ0v) is 12.9. The molecule has 2 aliphatic heterocycles. The lowest BCUT2D eigenvalue weighted by Crippen LogP contribution is -2.53. The number of hydrogen-bond acceptors (Lipinski definition) is 4. The lowest BCUT2D eigenvalue weighted by Gasteiger charge is -2.38. The van der Waals surface area contributed by atoms with Crippen molar-refractivity contribution in [2.24, 2.45) is 0 Å². The number of benzene rings is 1. The molecule has 2 N–H and O–H groups in total. The molecule has 1 aromatic rings. The van der Waals surface area contributed by atoms with Crippen LogP contribution < -0.4 is 15.4 Å². The summed E-state index contributed by atoms with van der Waals surface area (Å²) in [5.41, 5.74) is 1.44. The van der Waals surface area contributed by atoms with Gasteiger partial charge in [-0.25, -0.2) is 0 Å². The largest absolute Gasteiger partial charge is 0.497 e. The first-order chi connectivity index (χ1) is 10.3. The van der Waals surface area contributed by atoms with Crippen LogP contribution in [-0.4, -0.2) is 45.0 Å². The monoisotopic (exact) mass is 290 g/mol. The van der Waals surface area contributed by atoms with E-state index in [4.69, 9.17) is 9.47 Å². The van der Waals surface area contributed by atoms with E-state index in [1.54, 1.807) is 7.11 Å². The van der Waals surface area contributed by atoms with Crippen LogP contribution in [0.2, 0.25) is 0 Å². The molecule has 4 nitrogen and oxygen atoms in total. The van der Waals surface area contributed by atoms with Gasteiger partial charge in [-0.05, 0) is 63.0 Å². The van der Waals surface area contributed by atoms with Crippen LogP contribution in [0.5, 0.6) is 5.75 Å². The predicted octanol–water partition coefficient (Wildman–Crippen LogP) is 1.74. The van der Waals surface area contributed by atoms with Crippen molar-refractivity contribution in [1.29, 1.82) is 0 Å². The van der Waals surface area contributed by atoms with E-state index < -0.39 is 0 Å². The number of piperidine rings is 1. The molecule has 0 amide bonds. The Morgan fingerprint density at radius 3 is 2.76 bits per heavy atom. The van der Waals surface area contributed by atoms with E-state index >= 15 is 0 Å². The highest BCUT2D eigenvalue weighted by Crippen LogP contribution is 2.34. The molecule has 3 rings (SSSR count). The number of hydrogen-bond donors (Lipinski definition) is 2. The van der Waals surface area contributed by atoms with Gasteiger partial charge in [-0.2, -0.15) is 0 Å². The molecule has 0 aliphatic carbocycles. The van der Waals surface area contributed by atoms with E-state index in [1.807, 2.05) is 12.1 Å². The Kier molecular flexibility index (Phi) is 4.78. The van der Waals surface area contributed by atoms with Gasteiger partial charge in [0.25, 0.3) is 0 Å². The fraction of sp³-hybridized carbons (Fsp3) is 0.647. The maximum atomic E-state index is 6.11. The molecule has 2 saturated heterocycles. The first-order valence-electron chi connectivity index (χ1n) is 8.03. The summed E-state index contributed by atoms with van der Waals surface area (Å²) in [7, 11) is 1.70. The highest BCUT2D eigenvalue weighted by molar-refractivity contribution is 5.27. The van der Waals surface area contributed by atoms with Gasteiger partial charge in [0.2, 0.25) is 0 Å². The van der Waals surface area contributed by atoms with E-state index in [0.29, 0.717) is 6.04 Å². The molecule has 0 saturated carbocycles. The van der Waals surface area contributed by atoms with Crippen molar-refractivity contribution in [1.82, 2.24) is 10.6 Å². The lowest BCUT2D eigenvalue weighted by atomic mass is 9.85. The third-order valence-corrected chi connectivity index (χ3v) is 4.84. The maximum Gasteiger partial charge on any atom is 0.118 e. The lowest BCUT2D eigenvalue weighted by molar-refractivity contribution is -0.0333. The Morgan fingerprint density at radius 2 is 2.05 bits per heavy atom. The van der Waals surface area contributed by atoms with Crippen LogP contribution in [0.15, 0.2) is 24.3 Å². The molecule has 2 fully saturated rings. The van der Waals surface area contributed by atoms with Crippen molar-refractivity contribution in [3.05, 3.63) is 29.8 Å². The van der Waals surface area contributed by atoms with Gasteiger partial charge in [0.05, 0.1) is 12.7 Å². The van der Waals surface area contributed by atoms with Gasteiger partial charge in [-0.1, -0.05) is 12.1 Å². The van der Waals surface area contributed by atoms with Crippen LogP contribution in [0.1, 0.15) is 24.8 Å². The van der Waals surface area contributed by atoms with E-state index in [0.717, 1.165) is 57.7 Å². The van der Waals surface area contributed by atoms with Crippen molar-refractivity contribution in [3.63, 3.8) is 0 Å². The molecule has 2 heterocycles. The minimum absolute atomic E-state index is 0.0885. The highest BCUT2D eigenvalue weighted by atomic mass is 16.5. The van der Waals surface area contributed by atoms with Gasteiger partial charge < -0.3 is 20.1 Å². The van der Waals surface area contributed by atoms with Crippen LogP contribution in [0, 0.1) is 0 Å². The number of methoxy groups -OCH3 is 1. The van der Waals surface area contributed by atoms with Gasteiger partial charge in [-0.15, -0.1) is 0 Å². The second kappa shape index (κ2) is 6.77. The highest BCUT2D eigenvalue weighted by Gasteiger charge is 2.44. The second-order valence-corrected chi connectivity index (χ2v) is 6.06. The Labute approximate surface area is 127 Å². The summed E-state index contributed by atoms with van der Waals surface area (Å²) in [4.78, 5) is 0. The van der Waals surface area contributed by atoms with Crippen molar-refractivity contribution in [2.45, 2.75) is 37.3 Å². The van der Waals surface area contributed by atoms with Gasteiger partial charge in [0, 0.05) is 12.6 Å². The Balaban J connectivity index is 1.50. The summed E-state index contributed by atoms with van der Waals surface area (Å²) in [6.07, 6.45) is 4.46. The normalized spacial score (nSPS) is 24.3. The minimum Gasteiger partial charge on any atom is -0.497 e. The van der Waals surface area contributed by atoms with Gasteiger partial charge >= 0.3 is 0 Å². The molecule has 2 aliphatic rings. The van der Waals surface area contributed by atoms with Crippen LogP contribution in [0.4, 0.5) is 0 Å². The SMILES string of the molecule is COc1ccc(CCN[C@@H]2CCOC23CCNCC3)cc1. The van der Waals surface area contributed by atoms with E-state index in [-0.39, 0.29) is 5.60 Å². The summed E-state index contributed by atoms with van der Waals surface area (Å²) < 4.78 is 11.3.